The molecule has 212 valence electrons. The largest absolute Gasteiger partial charge is 0.860 e. The van der Waals surface area contributed by atoms with Crippen molar-refractivity contribution in [3.8, 4) is 0 Å². The molecule has 0 N–H and O–H groups in total. The zero-order chi connectivity index (χ0) is 28.7. The first kappa shape index (κ1) is 29.1. The first-order valence-electron chi connectivity index (χ1n) is 12.9. The third-order valence-corrected chi connectivity index (χ3v) is 13.2. The van der Waals surface area contributed by atoms with E-state index in [1.807, 2.05) is 56.5 Å². The van der Waals surface area contributed by atoms with Crippen LogP contribution < -0.4 is 10.0 Å². The van der Waals surface area contributed by atoms with Gasteiger partial charge in [-0.2, -0.15) is 0 Å². The van der Waals surface area contributed by atoms with Gasteiger partial charge in [-0.05, 0) is 74.2 Å². The fourth-order valence-electron chi connectivity index (χ4n) is 4.57. The van der Waals surface area contributed by atoms with Gasteiger partial charge in [-0.1, -0.05) is 58.4 Å². The number of amides is 1. The Bertz CT molecular complexity index is 1500. The van der Waals surface area contributed by atoms with Gasteiger partial charge < -0.3 is 19.8 Å². The van der Waals surface area contributed by atoms with Gasteiger partial charge >= 0.3 is 0 Å². The highest BCUT2D eigenvalue weighted by Crippen LogP contribution is 2.50. The number of para-hydroxylation sites is 1. The lowest BCUT2D eigenvalue weighted by Gasteiger charge is -2.28. The maximum Gasteiger partial charge on any atom is 0.268 e. The average Bonchev–Trinajstić information content (AvgIpc) is 3.62. The van der Waals surface area contributed by atoms with Crippen molar-refractivity contribution in [1.82, 2.24) is 14.7 Å². The van der Waals surface area contributed by atoms with Crippen molar-refractivity contribution < 1.29 is 14.1 Å². The van der Waals surface area contributed by atoms with E-state index in [0.29, 0.717) is 43.1 Å². The van der Waals surface area contributed by atoms with Gasteiger partial charge in [-0.3, -0.25) is 9.69 Å². The first-order chi connectivity index (χ1) is 19.2. The van der Waals surface area contributed by atoms with Crippen LogP contribution in [0.4, 0.5) is 5.69 Å². The number of allylic oxidation sites excluding steroid dienone is 3. The molecule has 0 bridgehead atoms. The fourth-order valence-corrected chi connectivity index (χ4v) is 11.6. The summed E-state index contributed by atoms with van der Waals surface area (Å²) in [5.74, 6) is -0.374. The van der Waals surface area contributed by atoms with Crippen molar-refractivity contribution in [3.63, 3.8) is 0 Å². The molecule has 1 fully saturated rings. The van der Waals surface area contributed by atoms with E-state index in [1.54, 1.807) is 27.0 Å². The van der Waals surface area contributed by atoms with E-state index in [1.165, 1.54) is 17.3 Å². The van der Waals surface area contributed by atoms with Crippen LogP contribution in [-0.2, 0) is 15.6 Å². The molecule has 5 rings (SSSR count). The van der Waals surface area contributed by atoms with Gasteiger partial charge in [-0.25, -0.2) is 4.21 Å². The Balaban J connectivity index is 1.52. The summed E-state index contributed by atoms with van der Waals surface area (Å²) in [7, 11) is -2.46. The Labute approximate surface area is 254 Å². The molecule has 1 aromatic rings. The molecule has 40 heavy (non-hydrogen) atoms. The van der Waals surface area contributed by atoms with Crippen molar-refractivity contribution in [2.75, 3.05) is 24.5 Å². The van der Waals surface area contributed by atoms with E-state index in [9.17, 15) is 14.1 Å². The zero-order valence-corrected chi connectivity index (χ0v) is 27.0. The van der Waals surface area contributed by atoms with Crippen LogP contribution in [0.25, 0.3) is 0 Å². The van der Waals surface area contributed by atoms with E-state index in [4.69, 9.17) is 12.2 Å². The maximum absolute atomic E-state index is 14.1. The van der Waals surface area contributed by atoms with Crippen LogP contribution in [0.1, 0.15) is 34.6 Å². The highest BCUT2D eigenvalue weighted by atomic mass is 32.2. The predicted octanol–water partition coefficient (Wildman–Crippen LogP) is 5.39. The molecule has 2 atom stereocenters. The second-order valence-electron chi connectivity index (χ2n) is 9.26. The second-order valence-corrected chi connectivity index (χ2v) is 15.3. The van der Waals surface area contributed by atoms with Crippen molar-refractivity contribution in [3.05, 3.63) is 85.9 Å². The molecule has 1 saturated heterocycles. The number of anilines is 1. The molecular weight excluding hydrogens is 601 g/mol. The van der Waals surface area contributed by atoms with E-state index >= 15 is 0 Å². The van der Waals surface area contributed by atoms with Crippen LogP contribution in [-0.4, -0.2) is 53.1 Å². The summed E-state index contributed by atoms with van der Waals surface area (Å²) in [5.41, 5.74) is 2.29. The third-order valence-electron chi connectivity index (χ3n) is 6.39. The quantitative estimate of drug-likeness (QED) is 0.234. The summed E-state index contributed by atoms with van der Waals surface area (Å²) >= 11 is 8.35. The summed E-state index contributed by atoms with van der Waals surface area (Å²) in [6, 6.07) is 8.25. The van der Waals surface area contributed by atoms with Crippen LogP contribution in [0.3, 0.4) is 0 Å². The number of carbonyl (C=O) groups excluding carboxylic acids is 1. The van der Waals surface area contributed by atoms with E-state index in [0.717, 1.165) is 15.6 Å². The molecule has 7 nitrogen and oxygen atoms in total. The van der Waals surface area contributed by atoms with Crippen LogP contribution in [0.2, 0.25) is 0 Å². The van der Waals surface area contributed by atoms with Crippen molar-refractivity contribution >= 4 is 77.3 Å². The molecule has 0 aliphatic carbocycles. The SMILES string of the molecule is CCN1C=C([CH-]C=C2Sc3ccccc3N2C=C(C)C)S(=O)C1=S1C=C([O-])N(CC)C1=C1SC(=S)N(CC)C1=O. The van der Waals surface area contributed by atoms with E-state index in [2.05, 4.69) is 37.1 Å². The lowest BCUT2D eigenvalue weighted by atomic mass is 10.3. The molecule has 1 amide bonds. The third kappa shape index (κ3) is 5.09. The minimum Gasteiger partial charge on any atom is -0.860 e. The molecule has 2 unspecified atom stereocenters. The maximum atomic E-state index is 14.1. The topological polar surface area (TPSA) is 70.2 Å². The van der Waals surface area contributed by atoms with Gasteiger partial charge in [0.1, 0.15) is 13.5 Å². The highest BCUT2D eigenvalue weighted by molar-refractivity contribution is 8.34. The lowest BCUT2D eigenvalue weighted by Crippen LogP contribution is -2.30. The molecule has 0 spiro atoms. The second kappa shape index (κ2) is 11.8. The van der Waals surface area contributed by atoms with Crippen molar-refractivity contribution in [2.45, 2.75) is 39.5 Å². The Kier molecular flexibility index (Phi) is 8.63. The molecule has 4 heterocycles. The van der Waals surface area contributed by atoms with Crippen LogP contribution in [0, 0.1) is 6.42 Å². The van der Waals surface area contributed by atoms with E-state index < -0.39 is 21.3 Å². The molecule has 4 aliphatic rings. The number of thioether (sulfide) groups is 2. The summed E-state index contributed by atoms with van der Waals surface area (Å²) in [6.07, 6.45) is 7.91. The molecular formula is C28H30N4O3S5-2. The summed E-state index contributed by atoms with van der Waals surface area (Å²) < 4.78 is 15.2. The molecule has 0 saturated carbocycles. The number of hydrogen-bond donors (Lipinski definition) is 0. The fraction of sp³-hybridized carbons (Fsp3) is 0.286. The number of rotatable bonds is 6. The minimum absolute atomic E-state index is 0.180. The molecule has 0 radical (unpaired) electrons. The normalized spacial score (nSPS) is 26.2. The summed E-state index contributed by atoms with van der Waals surface area (Å²) in [6.45, 7) is 11.3. The summed E-state index contributed by atoms with van der Waals surface area (Å²) in [4.78, 5) is 22.8. The predicted molar refractivity (Wildman–Crippen MR) is 173 cm³/mol. The van der Waals surface area contributed by atoms with Crippen LogP contribution >= 0.6 is 46.2 Å². The number of likely N-dealkylation sites (N-methyl/N-ethyl adjacent to an activating group) is 1. The van der Waals surface area contributed by atoms with Crippen LogP contribution in [0.5, 0.6) is 0 Å². The number of hydrogen-bond acceptors (Lipinski definition) is 8. The van der Waals surface area contributed by atoms with Crippen molar-refractivity contribution in [2.24, 2.45) is 0 Å². The number of fused-ring (bicyclic) bond motifs is 1. The monoisotopic (exact) mass is 630 g/mol. The average molecular weight is 631 g/mol. The van der Waals surface area contributed by atoms with Crippen molar-refractivity contribution in [1.29, 1.82) is 0 Å². The Morgan fingerprint density at radius 1 is 1.10 bits per heavy atom. The smallest absolute Gasteiger partial charge is 0.268 e. The Hall–Kier alpha value is -2.38. The standard InChI is InChI=1S/C28H31N4O3S5/c1-6-29-16-19(13-14-23-32(15-18(4)5)20-11-9-10-12-21(20)37-23)40(35)28(29)39-17-22(33)30(7-2)26(39)24-25(34)31(8-3)27(36)38-24/h9-17,33H,6-8H2,1-5H3/q-1/p-1. The molecule has 0 aromatic heterocycles. The number of nitrogens with zero attached hydrogens (tertiary/aromatic N) is 4. The van der Waals surface area contributed by atoms with Gasteiger partial charge in [0, 0.05) is 30.2 Å². The van der Waals surface area contributed by atoms with Gasteiger partial charge in [0.2, 0.25) is 0 Å². The first-order valence-corrected chi connectivity index (χ1v) is 17.4. The number of benzene rings is 1. The van der Waals surface area contributed by atoms with Gasteiger partial charge in [0.05, 0.1) is 15.8 Å². The van der Waals surface area contributed by atoms with E-state index in [-0.39, 0.29) is 11.8 Å². The van der Waals surface area contributed by atoms with Gasteiger partial charge in [0.25, 0.3) is 5.91 Å². The molecule has 1 aromatic carbocycles. The Morgan fingerprint density at radius 2 is 1.82 bits per heavy atom. The number of carbonyl (C=O) groups is 1. The summed E-state index contributed by atoms with van der Waals surface area (Å²) in [5, 5.41) is 16.3. The Morgan fingerprint density at radius 3 is 2.48 bits per heavy atom. The minimum atomic E-state index is -1.51. The molecule has 12 heteroatoms. The molecule has 4 aliphatic heterocycles. The van der Waals surface area contributed by atoms with Gasteiger partial charge in [0.15, 0.2) is 0 Å². The number of thiocarbonyl (C=S) groups is 1. The highest BCUT2D eigenvalue weighted by Gasteiger charge is 2.39. The van der Waals surface area contributed by atoms with Crippen LogP contribution in [0.15, 0.2) is 84.4 Å². The van der Waals surface area contributed by atoms with Gasteiger partial charge in [-0.15, -0.1) is 24.3 Å². The lowest BCUT2D eigenvalue weighted by molar-refractivity contribution is -0.327. The zero-order valence-electron chi connectivity index (χ0n) is 22.9.